The third kappa shape index (κ3) is 2.92. The van der Waals surface area contributed by atoms with Gasteiger partial charge >= 0.3 is 0 Å². The molecule has 0 spiro atoms. The fourth-order valence-corrected chi connectivity index (χ4v) is 3.77. The molecule has 2 heterocycles. The second kappa shape index (κ2) is 6.50. The zero-order valence-corrected chi connectivity index (χ0v) is 13.0. The molecule has 1 aromatic carbocycles. The number of benzene rings is 1. The number of anilines is 1. The number of likely N-dealkylation sites (tertiary alicyclic amines) is 1. The molecule has 0 saturated carbocycles. The van der Waals surface area contributed by atoms with Gasteiger partial charge < -0.3 is 10.2 Å². The minimum absolute atomic E-state index is 0.258. The zero-order valence-electron chi connectivity index (χ0n) is 13.0. The lowest BCUT2D eigenvalue weighted by atomic mass is 9.93. The van der Waals surface area contributed by atoms with E-state index in [2.05, 4.69) is 23.2 Å². The smallest absolute Gasteiger partial charge is 0.254 e. The largest absolute Gasteiger partial charge is 0.385 e. The average Bonchev–Trinajstić information content (AvgIpc) is 2.54. The molecule has 1 amide bonds. The van der Waals surface area contributed by atoms with Crippen molar-refractivity contribution in [3.8, 4) is 0 Å². The van der Waals surface area contributed by atoms with Crippen LogP contribution in [0.3, 0.4) is 0 Å². The fourth-order valence-electron chi connectivity index (χ4n) is 3.77. The van der Waals surface area contributed by atoms with E-state index in [9.17, 15) is 4.79 Å². The molecule has 2 aliphatic heterocycles. The van der Waals surface area contributed by atoms with Crippen LogP contribution in [0, 0.1) is 0 Å². The van der Waals surface area contributed by atoms with Crippen molar-refractivity contribution < 1.29 is 4.79 Å². The van der Waals surface area contributed by atoms with E-state index < -0.39 is 0 Å². The number of rotatable bonds is 3. The molecule has 3 rings (SSSR count). The van der Waals surface area contributed by atoms with Crippen molar-refractivity contribution in [2.75, 3.05) is 18.4 Å². The summed E-state index contributed by atoms with van der Waals surface area (Å²) in [5.41, 5.74) is 3.33. The van der Waals surface area contributed by atoms with Crippen LogP contribution in [-0.4, -0.2) is 29.9 Å². The number of nitrogens with zero attached hydrogens (tertiary/aromatic N) is 1. The molecule has 0 radical (unpaired) electrons. The Bertz CT molecular complexity index is 510. The molecule has 1 aromatic rings. The first-order chi connectivity index (χ1) is 10.3. The number of amides is 1. The van der Waals surface area contributed by atoms with Crippen molar-refractivity contribution in [3.63, 3.8) is 0 Å². The van der Waals surface area contributed by atoms with Gasteiger partial charge in [0.2, 0.25) is 0 Å². The first kappa shape index (κ1) is 14.4. The van der Waals surface area contributed by atoms with E-state index >= 15 is 0 Å². The van der Waals surface area contributed by atoms with E-state index in [1.54, 1.807) is 0 Å². The Hall–Kier alpha value is -1.51. The average molecular weight is 286 g/mol. The third-order valence-electron chi connectivity index (χ3n) is 4.84. The molecular weight excluding hydrogens is 260 g/mol. The number of fused-ring (bicyclic) bond motifs is 1. The number of hydrogen-bond acceptors (Lipinski definition) is 2. The topological polar surface area (TPSA) is 32.3 Å². The minimum atomic E-state index is 0.258. The molecular formula is C18H26N2O. The van der Waals surface area contributed by atoms with Gasteiger partial charge in [0.1, 0.15) is 0 Å². The Morgan fingerprint density at radius 2 is 2.24 bits per heavy atom. The highest BCUT2D eigenvalue weighted by molar-refractivity contribution is 5.97. The summed E-state index contributed by atoms with van der Waals surface area (Å²) < 4.78 is 0. The third-order valence-corrected chi connectivity index (χ3v) is 4.84. The van der Waals surface area contributed by atoms with Gasteiger partial charge in [-0.2, -0.15) is 0 Å². The van der Waals surface area contributed by atoms with Gasteiger partial charge in [-0.05, 0) is 56.2 Å². The summed E-state index contributed by atoms with van der Waals surface area (Å²) in [4.78, 5) is 15.2. The van der Waals surface area contributed by atoms with Gasteiger partial charge in [0.25, 0.3) is 5.91 Å². The van der Waals surface area contributed by atoms with Gasteiger partial charge in [0.15, 0.2) is 0 Å². The predicted molar refractivity (Wildman–Crippen MR) is 86.8 cm³/mol. The lowest BCUT2D eigenvalue weighted by Crippen LogP contribution is -2.44. The maximum Gasteiger partial charge on any atom is 0.254 e. The van der Waals surface area contributed by atoms with E-state index in [1.165, 1.54) is 18.4 Å². The predicted octanol–water partition coefficient (Wildman–Crippen LogP) is 3.84. The standard InChI is InChI=1S/C18H26N2O/c1-2-7-14-8-3-4-13-20(14)18(21)16-9-5-11-17-15(16)10-6-12-19-17/h5,9,11,14,19H,2-4,6-8,10,12-13H2,1H3. The van der Waals surface area contributed by atoms with Gasteiger partial charge in [0, 0.05) is 30.4 Å². The highest BCUT2D eigenvalue weighted by Gasteiger charge is 2.28. The second-order valence-corrected chi connectivity index (χ2v) is 6.30. The van der Waals surface area contributed by atoms with Crippen molar-refractivity contribution in [1.82, 2.24) is 4.90 Å². The number of carbonyl (C=O) groups is 1. The normalized spacial score (nSPS) is 21.6. The summed E-state index contributed by atoms with van der Waals surface area (Å²) in [7, 11) is 0. The van der Waals surface area contributed by atoms with Crippen LogP contribution in [-0.2, 0) is 6.42 Å². The van der Waals surface area contributed by atoms with Gasteiger partial charge in [0.05, 0.1) is 0 Å². The summed E-state index contributed by atoms with van der Waals surface area (Å²) in [6.07, 6.45) is 8.03. The molecule has 2 aliphatic rings. The Morgan fingerprint density at radius 3 is 3.10 bits per heavy atom. The molecule has 0 bridgehead atoms. The first-order valence-corrected chi connectivity index (χ1v) is 8.48. The van der Waals surface area contributed by atoms with Crippen LogP contribution in [0.2, 0.25) is 0 Å². The number of carbonyl (C=O) groups excluding carboxylic acids is 1. The van der Waals surface area contributed by atoms with Crippen molar-refractivity contribution in [2.45, 2.75) is 57.9 Å². The summed E-state index contributed by atoms with van der Waals surface area (Å²) in [5.74, 6) is 0.258. The van der Waals surface area contributed by atoms with E-state index in [1.807, 2.05) is 12.1 Å². The van der Waals surface area contributed by atoms with Crippen LogP contribution in [0.15, 0.2) is 18.2 Å². The number of nitrogens with one attached hydrogen (secondary N) is 1. The Balaban J connectivity index is 1.87. The Kier molecular flexibility index (Phi) is 4.47. The van der Waals surface area contributed by atoms with Crippen LogP contribution >= 0.6 is 0 Å². The van der Waals surface area contributed by atoms with Crippen LogP contribution < -0.4 is 5.32 Å². The van der Waals surface area contributed by atoms with Crippen molar-refractivity contribution in [2.24, 2.45) is 0 Å². The van der Waals surface area contributed by atoms with E-state index in [0.717, 1.165) is 56.4 Å². The Labute approximate surface area is 127 Å². The quantitative estimate of drug-likeness (QED) is 0.915. The van der Waals surface area contributed by atoms with Crippen LogP contribution in [0.5, 0.6) is 0 Å². The molecule has 1 atom stereocenters. The van der Waals surface area contributed by atoms with Gasteiger partial charge in [-0.25, -0.2) is 0 Å². The second-order valence-electron chi connectivity index (χ2n) is 6.30. The van der Waals surface area contributed by atoms with Crippen molar-refractivity contribution >= 4 is 11.6 Å². The first-order valence-electron chi connectivity index (χ1n) is 8.48. The zero-order chi connectivity index (χ0) is 14.7. The molecule has 1 saturated heterocycles. The molecule has 1 N–H and O–H groups in total. The molecule has 0 aromatic heterocycles. The molecule has 0 aliphatic carbocycles. The minimum Gasteiger partial charge on any atom is -0.385 e. The van der Waals surface area contributed by atoms with Crippen molar-refractivity contribution in [3.05, 3.63) is 29.3 Å². The molecule has 21 heavy (non-hydrogen) atoms. The maximum atomic E-state index is 13.1. The van der Waals surface area contributed by atoms with Gasteiger partial charge in [-0.1, -0.05) is 19.4 Å². The molecule has 1 unspecified atom stereocenters. The Morgan fingerprint density at radius 1 is 1.33 bits per heavy atom. The van der Waals surface area contributed by atoms with Gasteiger partial charge in [-0.3, -0.25) is 4.79 Å². The van der Waals surface area contributed by atoms with Gasteiger partial charge in [-0.15, -0.1) is 0 Å². The fraction of sp³-hybridized carbons (Fsp3) is 0.611. The number of piperidine rings is 1. The van der Waals surface area contributed by atoms with Crippen LogP contribution in [0.1, 0.15) is 61.4 Å². The summed E-state index contributed by atoms with van der Waals surface area (Å²) in [6.45, 7) is 4.17. The van der Waals surface area contributed by atoms with Crippen LogP contribution in [0.25, 0.3) is 0 Å². The maximum absolute atomic E-state index is 13.1. The summed E-state index contributed by atoms with van der Waals surface area (Å²) in [6, 6.07) is 6.59. The number of hydrogen-bond donors (Lipinski definition) is 1. The molecule has 114 valence electrons. The van der Waals surface area contributed by atoms with E-state index in [4.69, 9.17) is 0 Å². The molecule has 3 heteroatoms. The summed E-state index contributed by atoms with van der Waals surface area (Å²) >= 11 is 0. The molecule has 3 nitrogen and oxygen atoms in total. The summed E-state index contributed by atoms with van der Waals surface area (Å²) in [5, 5.41) is 3.43. The van der Waals surface area contributed by atoms with Crippen LogP contribution in [0.4, 0.5) is 5.69 Å². The lowest BCUT2D eigenvalue weighted by molar-refractivity contribution is 0.0599. The highest BCUT2D eigenvalue weighted by atomic mass is 16.2. The molecule has 1 fully saturated rings. The van der Waals surface area contributed by atoms with Crippen molar-refractivity contribution in [1.29, 1.82) is 0 Å². The van der Waals surface area contributed by atoms with E-state index in [-0.39, 0.29) is 5.91 Å². The monoisotopic (exact) mass is 286 g/mol. The SMILES string of the molecule is CCCC1CCCCN1C(=O)c1cccc2c1CCCN2. The van der Waals surface area contributed by atoms with E-state index in [0.29, 0.717) is 6.04 Å². The lowest BCUT2D eigenvalue weighted by Gasteiger charge is -2.36. The highest BCUT2D eigenvalue weighted by Crippen LogP contribution is 2.29.